The van der Waals surface area contributed by atoms with E-state index in [2.05, 4.69) is 0 Å². The number of aliphatic hydroxyl groups excluding tert-OH is 1. The van der Waals surface area contributed by atoms with E-state index >= 15 is 0 Å². The molecule has 0 amide bonds. The molecule has 0 bridgehead atoms. The second-order valence-corrected chi connectivity index (χ2v) is 5.99. The van der Waals surface area contributed by atoms with Crippen molar-refractivity contribution in [3.8, 4) is 0 Å². The van der Waals surface area contributed by atoms with Gasteiger partial charge in [-0.1, -0.05) is 0 Å². The second kappa shape index (κ2) is 5.28. The van der Waals surface area contributed by atoms with Gasteiger partial charge in [-0.05, 0) is 33.6 Å². The molecule has 1 aliphatic rings. The molecule has 0 aliphatic carbocycles. The quantitative estimate of drug-likeness (QED) is 0.843. The number of carbonyl (C=O) groups is 1. The van der Waals surface area contributed by atoms with Gasteiger partial charge in [0.15, 0.2) is 0 Å². The molecule has 1 saturated heterocycles. The first-order valence-electron chi connectivity index (χ1n) is 6.17. The Balaban J connectivity index is 2.60. The Hall–Kier alpha value is -0.820. The second-order valence-electron chi connectivity index (χ2n) is 5.99. The maximum atomic E-state index is 12.9. The van der Waals surface area contributed by atoms with Crippen LogP contribution in [0.25, 0.3) is 0 Å². The number of hydrogen-bond acceptors (Lipinski definition) is 4. The minimum Gasteiger partial charge on any atom is -0.395 e. The molecule has 1 N–H and O–H groups in total. The lowest BCUT2D eigenvalue weighted by Gasteiger charge is -2.41. The first kappa shape index (κ1) is 16.2. The molecule has 112 valence electrons. The lowest BCUT2D eigenvalue weighted by molar-refractivity contribution is -0.269. The highest BCUT2D eigenvalue weighted by molar-refractivity contribution is 5.75. The van der Waals surface area contributed by atoms with E-state index in [9.17, 15) is 18.0 Å². The first-order chi connectivity index (χ1) is 8.52. The molecule has 4 nitrogen and oxygen atoms in total. The molecule has 1 fully saturated rings. The highest BCUT2D eigenvalue weighted by atomic mass is 19.4. The molecular formula is C12H20F3NO3. The van der Waals surface area contributed by atoms with Crippen molar-refractivity contribution in [3.05, 3.63) is 0 Å². The number of alkyl halides is 3. The monoisotopic (exact) mass is 283 g/mol. The molecule has 0 radical (unpaired) electrons. The average Bonchev–Trinajstić information content (AvgIpc) is 2.27. The summed E-state index contributed by atoms with van der Waals surface area (Å²) in [5.74, 6) is -0.476. The third-order valence-electron chi connectivity index (χ3n) is 3.41. The average molecular weight is 283 g/mol. The largest absolute Gasteiger partial charge is 0.396 e. The predicted molar refractivity (Wildman–Crippen MR) is 61.9 cm³/mol. The molecule has 1 heterocycles. The highest BCUT2D eigenvalue weighted by Crippen LogP contribution is 2.45. The fourth-order valence-corrected chi connectivity index (χ4v) is 1.79. The number of nitrogens with zero attached hydrogens (tertiary/aromatic N) is 1. The van der Waals surface area contributed by atoms with Crippen LogP contribution in [0.5, 0.6) is 0 Å². The van der Waals surface area contributed by atoms with Gasteiger partial charge in [0.2, 0.25) is 0 Å². The van der Waals surface area contributed by atoms with Crippen LogP contribution in [0.3, 0.4) is 0 Å². The van der Waals surface area contributed by atoms with Crippen molar-refractivity contribution in [3.63, 3.8) is 0 Å². The normalized spacial score (nSPS) is 21.2. The minimum absolute atomic E-state index is 0.0259. The van der Waals surface area contributed by atoms with Crippen LogP contribution in [0.4, 0.5) is 13.2 Å². The van der Waals surface area contributed by atoms with Crippen molar-refractivity contribution >= 4 is 5.97 Å². The van der Waals surface area contributed by atoms with Gasteiger partial charge in [0.05, 0.1) is 17.4 Å². The summed E-state index contributed by atoms with van der Waals surface area (Å²) in [7, 11) is 0. The van der Waals surface area contributed by atoms with Gasteiger partial charge in [-0.15, -0.1) is 5.06 Å². The van der Waals surface area contributed by atoms with Crippen molar-refractivity contribution in [2.75, 3.05) is 19.7 Å². The number of piperidine rings is 1. The van der Waals surface area contributed by atoms with E-state index in [1.54, 1.807) is 20.8 Å². The summed E-state index contributed by atoms with van der Waals surface area (Å²) in [4.78, 5) is 16.7. The molecule has 19 heavy (non-hydrogen) atoms. The fourth-order valence-electron chi connectivity index (χ4n) is 1.79. The van der Waals surface area contributed by atoms with Gasteiger partial charge in [-0.2, -0.15) is 13.2 Å². The van der Waals surface area contributed by atoms with E-state index in [4.69, 9.17) is 9.94 Å². The zero-order valence-electron chi connectivity index (χ0n) is 11.4. The van der Waals surface area contributed by atoms with Crippen molar-refractivity contribution < 1.29 is 27.9 Å². The fraction of sp³-hybridized carbons (Fsp3) is 0.917. The maximum Gasteiger partial charge on any atom is 0.396 e. The molecule has 0 unspecified atom stereocenters. The zero-order chi connectivity index (χ0) is 14.9. The summed E-state index contributed by atoms with van der Waals surface area (Å²) >= 11 is 0. The Morgan fingerprint density at radius 2 is 1.74 bits per heavy atom. The summed E-state index contributed by atoms with van der Waals surface area (Å²) in [5.41, 5.74) is -2.77. The third-order valence-corrected chi connectivity index (χ3v) is 3.41. The number of hydroxylamine groups is 2. The lowest BCUT2D eigenvalue weighted by atomic mass is 9.79. The summed E-state index contributed by atoms with van der Waals surface area (Å²) in [6, 6.07) is 0. The topological polar surface area (TPSA) is 49.8 Å². The van der Waals surface area contributed by atoms with Crippen LogP contribution in [0.15, 0.2) is 0 Å². The van der Waals surface area contributed by atoms with Gasteiger partial charge >= 0.3 is 12.1 Å². The van der Waals surface area contributed by atoms with Crippen LogP contribution in [0, 0.1) is 10.8 Å². The Labute approximate surface area is 110 Å². The van der Waals surface area contributed by atoms with E-state index in [0.29, 0.717) is 0 Å². The van der Waals surface area contributed by atoms with Crippen LogP contribution in [0.2, 0.25) is 0 Å². The van der Waals surface area contributed by atoms with Gasteiger partial charge in [-0.3, -0.25) is 0 Å². The van der Waals surface area contributed by atoms with E-state index in [1.807, 2.05) is 0 Å². The number of halogens is 3. The molecule has 1 rings (SSSR count). The molecule has 0 saturated carbocycles. The maximum absolute atomic E-state index is 12.9. The van der Waals surface area contributed by atoms with E-state index in [0.717, 1.165) is 0 Å². The van der Waals surface area contributed by atoms with Crippen LogP contribution in [0.1, 0.15) is 33.6 Å². The minimum atomic E-state index is -4.44. The molecule has 7 heteroatoms. The predicted octanol–water partition coefficient (Wildman–Crippen LogP) is 2.13. The van der Waals surface area contributed by atoms with Crippen molar-refractivity contribution in [2.45, 2.75) is 39.8 Å². The van der Waals surface area contributed by atoms with E-state index in [1.165, 1.54) is 5.06 Å². The Bertz CT molecular complexity index is 328. The van der Waals surface area contributed by atoms with Crippen molar-refractivity contribution in [1.29, 1.82) is 0 Å². The number of hydrogen-bond donors (Lipinski definition) is 1. The van der Waals surface area contributed by atoms with Crippen LogP contribution < -0.4 is 0 Å². The third kappa shape index (κ3) is 3.60. The lowest BCUT2D eigenvalue weighted by Crippen LogP contribution is -2.51. The van der Waals surface area contributed by atoms with Crippen LogP contribution >= 0.6 is 0 Å². The summed E-state index contributed by atoms with van der Waals surface area (Å²) in [6.45, 7) is 4.04. The summed E-state index contributed by atoms with van der Waals surface area (Å²) < 4.78 is 38.7. The van der Waals surface area contributed by atoms with Gasteiger partial charge < -0.3 is 9.94 Å². The Kier molecular flexibility index (Phi) is 4.51. The smallest absolute Gasteiger partial charge is 0.395 e. The van der Waals surface area contributed by atoms with Crippen LogP contribution in [-0.4, -0.2) is 42.0 Å². The summed E-state index contributed by atoms with van der Waals surface area (Å²) in [6.07, 6.45) is -4.99. The van der Waals surface area contributed by atoms with Crippen molar-refractivity contribution in [1.82, 2.24) is 5.06 Å². The molecule has 0 aromatic heterocycles. The van der Waals surface area contributed by atoms with Gasteiger partial charge in [-0.25, -0.2) is 4.79 Å². The van der Waals surface area contributed by atoms with Crippen molar-refractivity contribution in [2.24, 2.45) is 10.8 Å². The van der Waals surface area contributed by atoms with Crippen LogP contribution in [-0.2, 0) is 9.63 Å². The number of carbonyl (C=O) groups excluding carboxylic acids is 1. The first-order valence-corrected chi connectivity index (χ1v) is 6.17. The van der Waals surface area contributed by atoms with E-state index < -0.39 is 29.6 Å². The standard InChI is InChI=1S/C12H20F3NO3/c1-10(2,3)9(18)19-16-6-4-11(8-17,5-7-16)12(13,14)15/h17H,4-8H2,1-3H3. The Morgan fingerprint density at radius 1 is 1.26 bits per heavy atom. The number of rotatable bonds is 2. The van der Waals surface area contributed by atoms with Gasteiger partial charge in [0.1, 0.15) is 0 Å². The Morgan fingerprint density at radius 3 is 2.05 bits per heavy atom. The molecule has 0 atom stereocenters. The zero-order valence-corrected chi connectivity index (χ0v) is 11.4. The number of aliphatic hydroxyl groups is 1. The molecule has 0 aromatic rings. The highest BCUT2D eigenvalue weighted by Gasteiger charge is 2.55. The van der Waals surface area contributed by atoms with Gasteiger partial charge in [0.25, 0.3) is 0 Å². The van der Waals surface area contributed by atoms with Gasteiger partial charge in [0, 0.05) is 13.1 Å². The summed E-state index contributed by atoms with van der Waals surface area (Å²) in [5, 5.41) is 10.3. The molecule has 0 spiro atoms. The molecule has 0 aromatic carbocycles. The SMILES string of the molecule is CC(C)(C)C(=O)ON1CCC(CO)(C(F)(F)F)CC1. The van der Waals surface area contributed by atoms with E-state index in [-0.39, 0.29) is 25.9 Å². The molecular weight excluding hydrogens is 263 g/mol. The molecule has 1 aliphatic heterocycles.